The Balaban J connectivity index is 3.04. The highest BCUT2D eigenvalue weighted by Crippen LogP contribution is 2.31. The van der Waals surface area contributed by atoms with E-state index < -0.39 is 35.2 Å². The molecule has 114 valence electrons. The highest BCUT2D eigenvalue weighted by atomic mass is 19.4. The maximum Gasteiger partial charge on any atom is 0.417 e. The molecule has 0 aliphatic carbocycles. The molecular formula is C14H15F3N2O2. The Hall–Kier alpha value is -2.31. The van der Waals surface area contributed by atoms with Crippen molar-refractivity contribution >= 4 is 11.8 Å². The van der Waals surface area contributed by atoms with E-state index in [0.717, 1.165) is 12.1 Å². The van der Waals surface area contributed by atoms with Crippen molar-refractivity contribution in [2.75, 3.05) is 0 Å². The average Bonchev–Trinajstić information content (AvgIpc) is 2.36. The van der Waals surface area contributed by atoms with Gasteiger partial charge in [-0.1, -0.05) is 17.7 Å². The standard InChI is InChI=1S/C14H15F3N2O2/c1-8(2)7-11(12(18)20)19-13(21)9-5-3-4-6-10(9)14(15,16)17/h3-6,11H,1,7H2,2H3,(H2,18,20)(H,19,21)/t11-/m1/s1. The molecule has 3 N–H and O–H groups in total. The molecule has 2 amide bonds. The third-order valence-electron chi connectivity index (χ3n) is 2.68. The summed E-state index contributed by atoms with van der Waals surface area (Å²) in [5.74, 6) is -1.84. The number of rotatable bonds is 5. The van der Waals surface area contributed by atoms with Gasteiger partial charge in [-0.3, -0.25) is 9.59 Å². The minimum absolute atomic E-state index is 0.0647. The third-order valence-corrected chi connectivity index (χ3v) is 2.68. The summed E-state index contributed by atoms with van der Waals surface area (Å²) in [7, 11) is 0. The molecule has 4 nitrogen and oxygen atoms in total. The molecule has 0 aromatic heterocycles. The zero-order chi connectivity index (χ0) is 16.2. The maximum atomic E-state index is 12.8. The Morgan fingerprint density at radius 1 is 1.33 bits per heavy atom. The van der Waals surface area contributed by atoms with Gasteiger partial charge < -0.3 is 11.1 Å². The van der Waals surface area contributed by atoms with Crippen LogP contribution in [0.2, 0.25) is 0 Å². The number of benzene rings is 1. The van der Waals surface area contributed by atoms with Crippen molar-refractivity contribution in [1.29, 1.82) is 0 Å². The molecule has 21 heavy (non-hydrogen) atoms. The molecule has 0 fully saturated rings. The van der Waals surface area contributed by atoms with Gasteiger partial charge in [0.15, 0.2) is 0 Å². The van der Waals surface area contributed by atoms with Gasteiger partial charge in [-0.15, -0.1) is 6.58 Å². The van der Waals surface area contributed by atoms with Crippen LogP contribution in [-0.2, 0) is 11.0 Å². The fourth-order valence-corrected chi connectivity index (χ4v) is 1.74. The monoisotopic (exact) mass is 300 g/mol. The van der Waals surface area contributed by atoms with Crippen molar-refractivity contribution in [3.05, 3.63) is 47.5 Å². The Kier molecular flexibility index (Phi) is 5.12. The van der Waals surface area contributed by atoms with Crippen LogP contribution in [0.5, 0.6) is 0 Å². The van der Waals surface area contributed by atoms with Gasteiger partial charge in [0, 0.05) is 0 Å². The van der Waals surface area contributed by atoms with E-state index in [1.807, 2.05) is 0 Å². The molecule has 0 unspecified atom stereocenters. The summed E-state index contributed by atoms with van der Waals surface area (Å²) >= 11 is 0. The summed E-state index contributed by atoms with van der Waals surface area (Å²) in [6.45, 7) is 5.19. The van der Waals surface area contributed by atoms with Crippen molar-refractivity contribution in [3.63, 3.8) is 0 Å². The first kappa shape index (κ1) is 16.7. The molecule has 0 aliphatic heterocycles. The maximum absolute atomic E-state index is 12.8. The minimum atomic E-state index is -4.66. The van der Waals surface area contributed by atoms with Crippen molar-refractivity contribution in [2.45, 2.75) is 25.6 Å². The number of hydrogen-bond acceptors (Lipinski definition) is 2. The first-order valence-electron chi connectivity index (χ1n) is 6.03. The molecule has 1 atom stereocenters. The lowest BCUT2D eigenvalue weighted by Crippen LogP contribution is -2.45. The Bertz CT molecular complexity index is 568. The van der Waals surface area contributed by atoms with E-state index in [4.69, 9.17) is 5.73 Å². The van der Waals surface area contributed by atoms with Gasteiger partial charge in [0.1, 0.15) is 6.04 Å². The fraction of sp³-hybridized carbons (Fsp3) is 0.286. The molecule has 1 aromatic rings. The van der Waals surface area contributed by atoms with E-state index in [0.29, 0.717) is 5.57 Å². The second-order valence-corrected chi connectivity index (χ2v) is 4.63. The van der Waals surface area contributed by atoms with Crippen molar-refractivity contribution < 1.29 is 22.8 Å². The van der Waals surface area contributed by atoms with E-state index in [1.54, 1.807) is 6.92 Å². The summed E-state index contributed by atoms with van der Waals surface area (Å²) in [5.41, 5.74) is 4.06. The van der Waals surface area contributed by atoms with Gasteiger partial charge in [0.25, 0.3) is 5.91 Å². The van der Waals surface area contributed by atoms with E-state index in [1.165, 1.54) is 12.1 Å². The van der Waals surface area contributed by atoms with Gasteiger partial charge in [0.05, 0.1) is 11.1 Å². The summed E-state index contributed by atoms with van der Waals surface area (Å²) in [5, 5.41) is 2.20. The lowest BCUT2D eigenvalue weighted by molar-refractivity contribution is -0.137. The van der Waals surface area contributed by atoms with Crippen LogP contribution in [0.3, 0.4) is 0 Å². The van der Waals surface area contributed by atoms with Crippen LogP contribution in [0.4, 0.5) is 13.2 Å². The molecule has 0 spiro atoms. The second kappa shape index (κ2) is 6.43. The molecule has 0 saturated heterocycles. The summed E-state index contributed by atoms with van der Waals surface area (Å²) in [4.78, 5) is 23.2. The smallest absolute Gasteiger partial charge is 0.368 e. The van der Waals surface area contributed by atoms with Crippen molar-refractivity contribution in [2.24, 2.45) is 5.73 Å². The van der Waals surface area contributed by atoms with Gasteiger partial charge in [-0.05, 0) is 25.5 Å². The number of nitrogens with two attached hydrogens (primary N) is 1. The Morgan fingerprint density at radius 3 is 2.38 bits per heavy atom. The van der Waals surface area contributed by atoms with E-state index in [9.17, 15) is 22.8 Å². The fourth-order valence-electron chi connectivity index (χ4n) is 1.74. The molecule has 0 radical (unpaired) electrons. The molecule has 1 rings (SSSR count). The van der Waals surface area contributed by atoms with E-state index in [-0.39, 0.29) is 6.42 Å². The zero-order valence-electron chi connectivity index (χ0n) is 11.3. The van der Waals surface area contributed by atoms with Crippen LogP contribution in [0.1, 0.15) is 29.3 Å². The predicted molar refractivity (Wildman–Crippen MR) is 71.3 cm³/mol. The second-order valence-electron chi connectivity index (χ2n) is 4.63. The number of carbonyl (C=O) groups excluding carboxylic acids is 2. The highest BCUT2D eigenvalue weighted by molar-refractivity contribution is 5.98. The summed E-state index contributed by atoms with van der Waals surface area (Å²) in [6.07, 6.45) is -4.60. The van der Waals surface area contributed by atoms with Crippen LogP contribution in [0.25, 0.3) is 0 Å². The van der Waals surface area contributed by atoms with Crippen molar-refractivity contribution in [3.8, 4) is 0 Å². The number of hydrogen-bond donors (Lipinski definition) is 2. The normalized spacial score (nSPS) is 12.6. The molecule has 0 heterocycles. The molecule has 0 saturated carbocycles. The molecule has 7 heteroatoms. The number of carbonyl (C=O) groups is 2. The quantitative estimate of drug-likeness (QED) is 0.819. The van der Waals surface area contributed by atoms with Crippen LogP contribution >= 0.6 is 0 Å². The largest absolute Gasteiger partial charge is 0.417 e. The zero-order valence-corrected chi connectivity index (χ0v) is 11.3. The minimum Gasteiger partial charge on any atom is -0.368 e. The first-order valence-corrected chi connectivity index (χ1v) is 6.03. The van der Waals surface area contributed by atoms with Crippen LogP contribution in [-0.4, -0.2) is 17.9 Å². The molecule has 0 aliphatic rings. The van der Waals surface area contributed by atoms with E-state index >= 15 is 0 Å². The topological polar surface area (TPSA) is 72.2 Å². The van der Waals surface area contributed by atoms with Gasteiger partial charge in [-0.2, -0.15) is 13.2 Å². The van der Waals surface area contributed by atoms with Crippen LogP contribution in [0, 0.1) is 0 Å². The highest BCUT2D eigenvalue weighted by Gasteiger charge is 2.35. The lowest BCUT2D eigenvalue weighted by Gasteiger charge is -2.17. The summed E-state index contributed by atoms with van der Waals surface area (Å²) in [6, 6.07) is 3.22. The molecule has 1 aromatic carbocycles. The number of halogens is 3. The third kappa shape index (κ3) is 4.62. The lowest BCUT2D eigenvalue weighted by atomic mass is 10.0. The number of alkyl halides is 3. The SMILES string of the molecule is C=C(C)C[C@@H](NC(=O)c1ccccc1C(F)(F)F)C(N)=O. The van der Waals surface area contributed by atoms with E-state index in [2.05, 4.69) is 11.9 Å². The Labute approximate surface area is 119 Å². The molecule has 0 bridgehead atoms. The first-order chi connectivity index (χ1) is 9.62. The summed E-state index contributed by atoms with van der Waals surface area (Å²) < 4.78 is 38.5. The van der Waals surface area contributed by atoms with Gasteiger partial charge in [-0.25, -0.2) is 0 Å². The molecular weight excluding hydrogens is 285 g/mol. The van der Waals surface area contributed by atoms with Gasteiger partial charge >= 0.3 is 6.18 Å². The number of nitrogens with one attached hydrogen (secondary N) is 1. The van der Waals surface area contributed by atoms with Crippen molar-refractivity contribution in [1.82, 2.24) is 5.32 Å². The van der Waals surface area contributed by atoms with Crippen LogP contribution in [0.15, 0.2) is 36.4 Å². The number of primary amides is 1. The number of amides is 2. The average molecular weight is 300 g/mol. The predicted octanol–water partition coefficient (Wildman–Crippen LogP) is 2.26. The van der Waals surface area contributed by atoms with Crippen LogP contribution < -0.4 is 11.1 Å². The van der Waals surface area contributed by atoms with Gasteiger partial charge in [0.2, 0.25) is 5.91 Å². The Morgan fingerprint density at radius 2 is 1.90 bits per heavy atom.